The van der Waals surface area contributed by atoms with Crippen molar-refractivity contribution in [3.8, 4) is 0 Å². The maximum atomic E-state index is 9.74. The molecule has 4 heteroatoms. The van der Waals surface area contributed by atoms with Gasteiger partial charge in [0, 0.05) is 0 Å². The lowest BCUT2D eigenvalue weighted by Gasteiger charge is -2.17. The highest BCUT2D eigenvalue weighted by molar-refractivity contribution is 5.45. The van der Waals surface area contributed by atoms with Crippen LogP contribution >= 0.6 is 0 Å². The Morgan fingerprint density at radius 3 is 0.792 bits per heavy atom. The van der Waals surface area contributed by atoms with Gasteiger partial charge in [-0.1, -0.05) is 24.3 Å². The monoisotopic (exact) mass is 336 g/mol. The Hall–Kier alpha value is -1.20. The molecular formula is C20H32O4. The lowest BCUT2D eigenvalue weighted by Crippen LogP contribution is -2.08. The summed E-state index contributed by atoms with van der Waals surface area (Å²) in [6.45, 7) is 6.98. The van der Waals surface area contributed by atoms with Crippen LogP contribution in [-0.4, -0.2) is 44.8 Å². The quantitative estimate of drug-likeness (QED) is 0.549. The molecule has 0 radical (unpaired) electrons. The number of aliphatic hydroxyl groups excluding tert-OH is 4. The summed E-state index contributed by atoms with van der Waals surface area (Å²) in [4.78, 5) is 0. The van der Waals surface area contributed by atoms with Gasteiger partial charge in [0.1, 0.15) is 0 Å². The van der Waals surface area contributed by atoms with E-state index >= 15 is 0 Å². The molecular weight excluding hydrogens is 304 g/mol. The molecule has 0 saturated carbocycles. The van der Waals surface area contributed by atoms with Crippen LogP contribution in [0.3, 0.4) is 0 Å². The number of hydrogen-bond acceptors (Lipinski definition) is 4. The molecule has 0 aromatic heterocycles. The molecule has 1 rings (SSSR count). The summed E-state index contributed by atoms with van der Waals surface area (Å²) in [5.74, 6) is 0. The molecule has 136 valence electrons. The highest BCUT2D eigenvalue weighted by atomic mass is 16.3. The second-order valence-electron chi connectivity index (χ2n) is 7.09. The van der Waals surface area contributed by atoms with Crippen LogP contribution in [0.1, 0.15) is 53.4 Å². The zero-order valence-corrected chi connectivity index (χ0v) is 15.2. The summed E-state index contributed by atoms with van der Waals surface area (Å²) >= 11 is 0. The Balaban J connectivity index is 3.26. The molecule has 0 heterocycles. The van der Waals surface area contributed by atoms with E-state index in [9.17, 15) is 20.4 Å². The Morgan fingerprint density at radius 1 is 0.500 bits per heavy atom. The van der Waals surface area contributed by atoms with Crippen molar-refractivity contribution in [1.29, 1.82) is 0 Å². The highest BCUT2D eigenvalue weighted by Crippen LogP contribution is 2.25. The van der Waals surface area contributed by atoms with Gasteiger partial charge in [-0.05, 0) is 75.7 Å². The van der Waals surface area contributed by atoms with Crippen LogP contribution in [0.5, 0.6) is 0 Å². The van der Waals surface area contributed by atoms with E-state index in [1.54, 1.807) is 27.7 Å². The van der Waals surface area contributed by atoms with E-state index in [-0.39, 0.29) is 0 Å². The SMILES string of the molecule is CC(O)CC1=C/C(CC(C)O)=C\C(CC(C)O)=C/C(CC(C)O)=C\1. The zero-order valence-electron chi connectivity index (χ0n) is 15.2. The minimum atomic E-state index is -0.464. The second kappa shape index (κ2) is 9.94. The lowest BCUT2D eigenvalue weighted by atomic mass is 9.91. The first kappa shape index (κ1) is 20.8. The maximum absolute atomic E-state index is 9.74. The van der Waals surface area contributed by atoms with Crippen molar-refractivity contribution in [2.24, 2.45) is 0 Å². The summed E-state index contributed by atoms with van der Waals surface area (Å²) in [6.07, 6.45) is 8.18. The van der Waals surface area contributed by atoms with E-state index in [1.165, 1.54) is 0 Å². The van der Waals surface area contributed by atoms with Crippen molar-refractivity contribution < 1.29 is 20.4 Å². The van der Waals surface area contributed by atoms with Crippen molar-refractivity contribution in [3.05, 3.63) is 46.6 Å². The molecule has 0 amide bonds. The Bertz CT molecular complexity index is 413. The van der Waals surface area contributed by atoms with Gasteiger partial charge in [0.25, 0.3) is 0 Å². The molecule has 4 N–H and O–H groups in total. The molecule has 0 bridgehead atoms. The van der Waals surface area contributed by atoms with Crippen LogP contribution in [0.15, 0.2) is 46.6 Å². The Kier molecular flexibility index (Phi) is 8.63. The molecule has 4 unspecified atom stereocenters. The van der Waals surface area contributed by atoms with Crippen LogP contribution in [0, 0.1) is 0 Å². The van der Waals surface area contributed by atoms with Gasteiger partial charge in [-0.15, -0.1) is 0 Å². The van der Waals surface area contributed by atoms with Gasteiger partial charge in [0.05, 0.1) is 24.4 Å². The molecule has 24 heavy (non-hydrogen) atoms. The van der Waals surface area contributed by atoms with Crippen LogP contribution in [0.4, 0.5) is 0 Å². The van der Waals surface area contributed by atoms with Gasteiger partial charge in [-0.2, -0.15) is 0 Å². The minimum Gasteiger partial charge on any atom is -0.393 e. The molecule has 0 spiro atoms. The highest BCUT2D eigenvalue weighted by Gasteiger charge is 2.12. The van der Waals surface area contributed by atoms with Gasteiger partial charge >= 0.3 is 0 Å². The molecule has 1 aliphatic carbocycles. The van der Waals surface area contributed by atoms with E-state index < -0.39 is 24.4 Å². The smallest absolute Gasteiger partial charge is 0.0552 e. The molecule has 0 aromatic carbocycles. The van der Waals surface area contributed by atoms with Gasteiger partial charge in [0.15, 0.2) is 0 Å². The summed E-state index contributed by atoms with van der Waals surface area (Å²) in [5.41, 5.74) is 3.89. The fourth-order valence-corrected chi connectivity index (χ4v) is 2.96. The average Bonchev–Trinajstić information content (AvgIpc) is 2.32. The maximum Gasteiger partial charge on any atom is 0.0552 e. The van der Waals surface area contributed by atoms with Crippen molar-refractivity contribution in [1.82, 2.24) is 0 Å². The summed E-state index contributed by atoms with van der Waals surface area (Å²) in [6, 6.07) is 0. The van der Waals surface area contributed by atoms with Gasteiger partial charge in [0.2, 0.25) is 0 Å². The first-order valence-corrected chi connectivity index (χ1v) is 8.70. The van der Waals surface area contributed by atoms with Crippen LogP contribution in [0.25, 0.3) is 0 Å². The average molecular weight is 336 g/mol. The van der Waals surface area contributed by atoms with Gasteiger partial charge in [-0.25, -0.2) is 0 Å². The molecule has 1 aliphatic rings. The standard InChI is InChI=1S/C20H32O4/c1-13(21)5-17-9-18(6-14(2)22)11-20(8-16(4)24)12-19(10-17)7-15(3)23/h9-16,21-24H,5-8H2,1-4H3/b17-9-,17-10?,18-9?,18-11-,19-10-,19-12?,20-11?,20-12-. The third-order valence-corrected chi connectivity index (χ3v) is 3.61. The van der Waals surface area contributed by atoms with Crippen LogP contribution in [0.2, 0.25) is 0 Å². The predicted octanol–water partition coefficient (Wildman–Crippen LogP) is 2.79. The fourth-order valence-electron chi connectivity index (χ4n) is 2.96. The number of allylic oxidation sites excluding steroid dienone is 4. The van der Waals surface area contributed by atoms with Crippen LogP contribution in [-0.2, 0) is 0 Å². The summed E-state index contributed by atoms with van der Waals surface area (Å²) < 4.78 is 0. The third-order valence-electron chi connectivity index (χ3n) is 3.61. The van der Waals surface area contributed by atoms with Gasteiger partial charge in [-0.3, -0.25) is 0 Å². The minimum absolute atomic E-state index is 0.464. The summed E-state index contributed by atoms with van der Waals surface area (Å²) in [5, 5.41) is 38.9. The molecule has 4 atom stereocenters. The number of aliphatic hydroxyl groups is 4. The Morgan fingerprint density at radius 2 is 0.667 bits per heavy atom. The largest absolute Gasteiger partial charge is 0.393 e. The first-order chi connectivity index (χ1) is 11.2. The van der Waals surface area contributed by atoms with E-state index in [0.717, 1.165) is 22.3 Å². The second-order valence-corrected chi connectivity index (χ2v) is 7.09. The zero-order chi connectivity index (χ0) is 18.3. The third kappa shape index (κ3) is 8.60. The normalized spacial score (nSPS) is 29.3. The van der Waals surface area contributed by atoms with E-state index in [1.807, 2.05) is 24.3 Å². The number of hydrogen-bond donors (Lipinski definition) is 4. The summed E-state index contributed by atoms with van der Waals surface area (Å²) in [7, 11) is 0. The molecule has 0 saturated heterocycles. The van der Waals surface area contributed by atoms with Crippen molar-refractivity contribution >= 4 is 0 Å². The Labute approximate surface area is 145 Å². The van der Waals surface area contributed by atoms with Gasteiger partial charge < -0.3 is 20.4 Å². The van der Waals surface area contributed by atoms with Crippen molar-refractivity contribution in [2.45, 2.75) is 77.8 Å². The molecule has 4 nitrogen and oxygen atoms in total. The number of rotatable bonds is 8. The topological polar surface area (TPSA) is 80.9 Å². The van der Waals surface area contributed by atoms with E-state index in [2.05, 4.69) is 0 Å². The van der Waals surface area contributed by atoms with Crippen molar-refractivity contribution in [3.63, 3.8) is 0 Å². The van der Waals surface area contributed by atoms with E-state index in [4.69, 9.17) is 0 Å². The van der Waals surface area contributed by atoms with Crippen LogP contribution < -0.4 is 0 Å². The van der Waals surface area contributed by atoms with Crippen molar-refractivity contribution in [2.75, 3.05) is 0 Å². The predicted molar refractivity (Wildman–Crippen MR) is 97.5 cm³/mol. The first-order valence-electron chi connectivity index (χ1n) is 8.70. The molecule has 0 fully saturated rings. The molecule has 0 aliphatic heterocycles. The lowest BCUT2D eigenvalue weighted by molar-refractivity contribution is 0.194. The molecule has 0 aromatic rings. The fraction of sp³-hybridized carbons (Fsp3) is 0.600. The van der Waals surface area contributed by atoms with E-state index in [0.29, 0.717) is 25.7 Å².